The molecule has 2 amide bonds. The van der Waals surface area contributed by atoms with Gasteiger partial charge in [-0.15, -0.1) is 0 Å². The largest absolute Gasteiger partial charge is 0.497 e. The average Bonchev–Trinajstić information content (AvgIpc) is 3.33. The second kappa shape index (κ2) is 10.6. The number of pyridine rings is 1. The van der Waals surface area contributed by atoms with Gasteiger partial charge < -0.3 is 24.3 Å². The quantitative estimate of drug-likeness (QED) is 0.433. The predicted molar refractivity (Wildman–Crippen MR) is 135 cm³/mol. The van der Waals surface area contributed by atoms with Crippen LogP contribution in [-0.2, 0) is 22.7 Å². The van der Waals surface area contributed by atoms with E-state index in [1.165, 1.54) is 0 Å². The van der Waals surface area contributed by atoms with Crippen molar-refractivity contribution in [1.29, 1.82) is 0 Å². The molecule has 4 aromatic rings. The standard InChI is InChI=1S/C28H28N4O4/c1-35-24-7-4-5-20(13-24)19-36-25-16-31(15-23-6-2-3-11-29-23)27(33)18-32(17-25)28(34)22-9-8-21-10-12-30-26(21)14-22/h2-14,25,30H,15-19H2,1H3. The number of nitrogens with one attached hydrogen (secondary N) is 1. The molecule has 184 valence electrons. The Morgan fingerprint density at radius 3 is 2.83 bits per heavy atom. The zero-order valence-corrected chi connectivity index (χ0v) is 20.1. The van der Waals surface area contributed by atoms with Crippen LogP contribution in [-0.4, -0.2) is 64.4 Å². The van der Waals surface area contributed by atoms with E-state index in [4.69, 9.17) is 9.47 Å². The van der Waals surface area contributed by atoms with Gasteiger partial charge in [0.25, 0.3) is 5.91 Å². The van der Waals surface area contributed by atoms with Crippen molar-refractivity contribution in [3.05, 3.63) is 95.9 Å². The van der Waals surface area contributed by atoms with Crippen LogP contribution in [0.4, 0.5) is 0 Å². The van der Waals surface area contributed by atoms with Crippen LogP contribution >= 0.6 is 0 Å². The van der Waals surface area contributed by atoms with E-state index >= 15 is 0 Å². The van der Waals surface area contributed by atoms with Crippen molar-refractivity contribution in [1.82, 2.24) is 19.8 Å². The molecule has 0 bridgehead atoms. The Morgan fingerprint density at radius 2 is 2.00 bits per heavy atom. The lowest BCUT2D eigenvalue weighted by atomic mass is 10.1. The number of hydrogen-bond donors (Lipinski definition) is 1. The molecule has 8 nitrogen and oxygen atoms in total. The second-order valence-electron chi connectivity index (χ2n) is 8.85. The zero-order chi connectivity index (χ0) is 24.9. The molecule has 1 aliphatic rings. The van der Waals surface area contributed by atoms with E-state index in [0.717, 1.165) is 27.9 Å². The summed E-state index contributed by atoms with van der Waals surface area (Å²) in [5.74, 6) is 0.414. The normalized spacial score (nSPS) is 16.2. The third kappa shape index (κ3) is 5.39. The van der Waals surface area contributed by atoms with E-state index in [2.05, 4.69) is 9.97 Å². The molecule has 8 heteroatoms. The number of rotatable bonds is 7. The van der Waals surface area contributed by atoms with E-state index in [-0.39, 0.29) is 24.5 Å². The minimum absolute atomic E-state index is 0.0204. The summed E-state index contributed by atoms with van der Waals surface area (Å²) < 4.78 is 11.6. The van der Waals surface area contributed by atoms with Gasteiger partial charge in [-0.25, -0.2) is 0 Å². The molecule has 1 N–H and O–H groups in total. The number of H-pyrrole nitrogens is 1. The molecule has 1 unspecified atom stereocenters. The Hall–Kier alpha value is -4.17. The van der Waals surface area contributed by atoms with Gasteiger partial charge in [-0.2, -0.15) is 0 Å². The molecule has 0 saturated carbocycles. The van der Waals surface area contributed by atoms with Crippen LogP contribution in [0, 0.1) is 0 Å². The summed E-state index contributed by atoms with van der Waals surface area (Å²) in [6.07, 6.45) is 3.18. The number of aromatic amines is 1. The number of amides is 2. The summed E-state index contributed by atoms with van der Waals surface area (Å²) in [5.41, 5.74) is 3.15. The van der Waals surface area contributed by atoms with Gasteiger partial charge >= 0.3 is 0 Å². The highest BCUT2D eigenvalue weighted by atomic mass is 16.5. The number of nitrogens with zero attached hydrogens (tertiary/aromatic N) is 3. The molecular weight excluding hydrogens is 456 g/mol. The van der Waals surface area contributed by atoms with E-state index in [1.54, 1.807) is 29.2 Å². The van der Waals surface area contributed by atoms with Crippen molar-refractivity contribution in [2.45, 2.75) is 19.3 Å². The van der Waals surface area contributed by atoms with Crippen LogP contribution < -0.4 is 4.74 Å². The van der Waals surface area contributed by atoms with Crippen LogP contribution in [0.1, 0.15) is 21.6 Å². The highest BCUT2D eigenvalue weighted by molar-refractivity contribution is 5.99. The monoisotopic (exact) mass is 484 g/mol. The third-order valence-corrected chi connectivity index (χ3v) is 6.31. The van der Waals surface area contributed by atoms with Gasteiger partial charge in [-0.05, 0) is 53.4 Å². The lowest BCUT2D eigenvalue weighted by Gasteiger charge is -2.25. The molecule has 1 atom stereocenters. The predicted octanol–water partition coefficient (Wildman–Crippen LogP) is 3.64. The number of hydrogen-bond acceptors (Lipinski definition) is 5. The lowest BCUT2D eigenvalue weighted by Crippen LogP contribution is -2.39. The Kier molecular flexibility index (Phi) is 6.95. The van der Waals surface area contributed by atoms with Crippen LogP contribution in [0.25, 0.3) is 10.9 Å². The lowest BCUT2D eigenvalue weighted by molar-refractivity contribution is -0.132. The van der Waals surface area contributed by atoms with Crippen molar-refractivity contribution >= 4 is 22.7 Å². The van der Waals surface area contributed by atoms with Gasteiger partial charge in [0.15, 0.2) is 0 Å². The minimum atomic E-state index is -0.371. The Morgan fingerprint density at radius 1 is 1.08 bits per heavy atom. The molecule has 3 heterocycles. The second-order valence-corrected chi connectivity index (χ2v) is 8.85. The van der Waals surface area contributed by atoms with Crippen molar-refractivity contribution in [2.75, 3.05) is 26.7 Å². The number of methoxy groups -OCH3 is 1. The minimum Gasteiger partial charge on any atom is -0.497 e. The molecule has 2 aromatic heterocycles. The fraction of sp³-hybridized carbons (Fsp3) is 0.250. The molecular formula is C28H28N4O4. The number of ether oxygens (including phenoxy) is 2. The van der Waals surface area contributed by atoms with Crippen LogP contribution in [0.2, 0.25) is 0 Å². The van der Waals surface area contributed by atoms with Gasteiger partial charge in [0.05, 0.1) is 32.1 Å². The van der Waals surface area contributed by atoms with E-state index in [9.17, 15) is 9.59 Å². The van der Waals surface area contributed by atoms with Crippen molar-refractivity contribution in [3.8, 4) is 5.75 Å². The Labute approximate surface area is 209 Å². The summed E-state index contributed by atoms with van der Waals surface area (Å²) >= 11 is 0. The molecule has 2 aromatic carbocycles. The Bertz CT molecular complexity index is 1350. The summed E-state index contributed by atoms with van der Waals surface area (Å²) in [7, 11) is 1.63. The van der Waals surface area contributed by atoms with Crippen molar-refractivity contribution in [3.63, 3.8) is 0 Å². The molecule has 0 aliphatic carbocycles. The number of benzene rings is 2. The summed E-state index contributed by atoms with van der Waals surface area (Å²) in [4.78, 5) is 37.6. The van der Waals surface area contributed by atoms with Gasteiger partial charge in [0.1, 0.15) is 12.3 Å². The zero-order valence-electron chi connectivity index (χ0n) is 20.1. The van der Waals surface area contributed by atoms with Crippen molar-refractivity contribution in [2.24, 2.45) is 0 Å². The average molecular weight is 485 g/mol. The molecule has 36 heavy (non-hydrogen) atoms. The third-order valence-electron chi connectivity index (χ3n) is 6.31. The topological polar surface area (TPSA) is 87.8 Å². The first kappa shape index (κ1) is 23.6. The smallest absolute Gasteiger partial charge is 0.254 e. The summed E-state index contributed by atoms with van der Waals surface area (Å²) in [6, 6.07) is 20.8. The number of aromatic nitrogens is 2. The summed E-state index contributed by atoms with van der Waals surface area (Å²) in [6.45, 7) is 1.33. The van der Waals surface area contributed by atoms with Gasteiger partial charge in [0.2, 0.25) is 5.91 Å². The molecule has 1 saturated heterocycles. The van der Waals surface area contributed by atoms with E-state index in [1.807, 2.05) is 66.9 Å². The number of fused-ring (bicyclic) bond motifs is 1. The molecule has 1 aliphatic heterocycles. The van der Waals surface area contributed by atoms with Crippen molar-refractivity contribution < 1.29 is 19.1 Å². The SMILES string of the molecule is COc1cccc(COC2CN(Cc3ccccn3)C(=O)CN(C(=O)c3ccc4cc[nH]c4c3)C2)c1. The maximum absolute atomic E-state index is 13.5. The fourth-order valence-electron chi connectivity index (χ4n) is 4.42. The molecule has 1 fully saturated rings. The van der Waals surface area contributed by atoms with Crippen LogP contribution in [0.15, 0.2) is 79.1 Å². The number of carbonyl (C=O) groups excluding carboxylic acids is 2. The highest BCUT2D eigenvalue weighted by Crippen LogP contribution is 2.20. The Balaban J connectivity index is 1.37. The number of carbonyl (C=O) groups is 2. The first-order chi connectivity index (χ1) is 17.6. The summed E-state index contributed by atoms with van der Waals surface area (Å²) in [5, 5.41) is 1.03. The fourth-order valence-corrected chi connectivity index (χ4v) is 4.42. The highest BCUT2D eigenvalue weighted by Gasteiger charge is 2.31. The van der Waals surface area contributed by atoms with Gasteiger partial charge in [0, 0.05) is 36.6 Å². The van der Waals surface area contributed by atoms with E-state index < -0.39 is 0 Å². The maximum Gasteiger partial charge on any atom is 0.254 e. The maximum atomic E-state index is 13.5. The molecule has 0 spiro atoms. The van der Waals surface area contributed by atoms with Crippen LogP contribution in [0.3, 0.4) is 0 Å². The van der Waals surface area contributed by atoms with E-state index in [0.29, 0.717) is 31.8 Å². The first-order valence-corrected chi connectivity index (χ1v) is 11.9. The molecule has 5 rings (SSSR count). The van der Waals surface area contributed by atoms with Crippen LogP contribution in [0.5, 0.6) is 5.75 Å². The van der Waals surface area contributed by atoms with Gasteiger partial charge in [-0.1, -0.05) is 24.3 Å². The first-order valence-electron chi connectivity index (χ1n) is 11.9. The molecule has 0 radical (unpaired) electrons. The van der Waals surface area contributed by atoms with Gasteiger partial charge in [-0.3, -0.25) is 14.6 Å².